The average molecular weight is 437 g/mol. The van der Waals surface area contributed by atoms with Crippen molar-refractivity contribution in [1.82, 2.24) is 0 Å². The second kappa shape index (κ2) is 9.08. The minimum atomic E-state index is -0.240. The van der Waals surface area contributed by atoms with Crippen molar-refractivity contribution in [2.24, 2.45) is 0 Å². The predicted molar refractivity (Wildman–Crippen MR) is 139 cm³/mol. The standard InChI is InChI=1S/C31H32S/c1-3-5-13-23-19-20-27-28(21-23)31(24-14-9-7-10-15-24,25-16-11-8-12-17-25)29-22-26(18-6-4-2)32-30(27)29/h7-12,14-17,19-22H,3-6,13,18H2,1-2H3. The number of unbranched alkanes of at least 4 members (excludes halogenated alkanes) is 2. The third-order valence-electron chi connectivity index (χ3n) is 6.93. The Labute approximate surface area is 197 Å². The Hall–Kier alpha value is -2.64. The molecule has 0 saturated carbocycles. The Bertz CT molecular complexity index is 1140. The molecule has 1 aliphatic rings. The lowest BCUT2D eigenvalue weighted by atomic mass is 9.67. The van der Waals surface area contributed by atoms with Crippen LogP contribution in [0.15, 0.2) is 84.9 Å². The Kier molecular flexibility index (Phi) is 6.02. The van der Waals surface area contributed by atoms with Gasteiger partial charge in [0.05, 0.1) is 5.41 Å². The molecule has 5 rings (SSSR count). The highest BCUT2D eigenvalue weighted by Crippen LogP contribution is 2.58. The Morgan fingerprint density at radius 1 is 0.656 bits per heavy atom. The van der Waals surface area contributed by atoms with Gasteiger partial charge in [-0.05, 0) is 65.1 Å². The van der Waals surface area contributed by atoms with Gasteiger partial charge in [-0.1, -0.05) is 106 Å². The average Bonchev–Trinajstić information content (AvgIpc) is 3.38. The first-order valence-electron chi connectivity index (χ1n) is 12.2. The number of hydrogen-bond donors (Lipinski definition) is 0. The molecule has 0 atom stereocenters. The molecule has 0 nitrogen and oxygen atoms in total. The van der Waals surface area contributed by atoms with E-state index in [9.17, 15) is 0 Å². The van der Waals surface area contributed by atoms with Crippen LogP contribution < -0.4 is 0 Å². The number of aryl methyl sites for hydroxylation is 2. The van der Waals surface area contributed by atoms with Crippen LogP contribution in [0.5, 0.6) is 0 Å². The van der Waals surface area contributed by atoms with E-state index >= 15 is 0 Å². The first-order valence-corrected chi connectivity index (χ1v) is 13.0. The van der Waals surface area contributed by atoms with Gasteiger partial charge in [0.1, 0.15) is 0 Å². The van der Waals surface area contributed by atoms with E-state index in [0.717, 1.165) is 6.42 Å². The lowest BCUT2D eigenvalue weighted by molar-refractivity contribution is 0.756. The second-order valence-electron chi connectivity index (χ2n) is 9.02. The largest absolute Gasteiger partial charge is 0.140 e. The van der Waals surface area contributed by atoms with Crippen molar-refractivity contribution in [2.45, 2.75) is 57.8 Å². The Morgan fingerprint density at radius 3 is 1.91 bits per heavy atom. The van der Waals surface area contributed by atoms with Crippen molar-refractivity contribution in [1.29, 1.82) is 0 Å². The normalized spacial score (nSPS) is 13.7. The van der Waals surface area contributed by atoms with Crippen LogP contribution in [0.4, 0.5) is 0 Å². The van der Waals surface area contributed by atoms with Gasteiger partial charge in [-0.25, -0.2) is 0 Å². The Balaban J connectivity index is 1.81. The van der Waals surface area contributed by atoms with Crippen molar-refractivity contribution >= 4 is 11.3 Å². The molecule has 0 N–H and O–H groups in total. The van der Waals surface area contributed by atoms with Crippen molar-refractivity contribution in [3.05, 3.63) is 118 Å². The lowest BCUT2D eigenvalue weighted by Crippen LogP contribution is -2.28. The number of fused-ring (bicyclic) bond motifs is 3. The van der Waals surface area contributed by atoms with Gasteiger partial charge in [-0.2, -0.15) is 0 Å². The van der Waals surface area contributed by atoms with Gasteiger partial charge >= 0.3 is 0 Å². The molecule has 0 saturated heterocycles. The molecule has 0 aliphatic heterocycles. The SMILES string of the molecule is CCCCc1ccc2c(c1)C(c1ccccc1)(c1ccccc1)c1cc(CCCC)sc1-2. The van der Waals surface area contributed by atoms with E-state index in [2.05, 4.69) is 98.8 Å². The van der Waals surface area contributed by atoms with Crippen molar-refractivity contribution in [2.75, 3.05) is 0 Å². The molecule has 1 heteroatoms. The molecule has 0 bridgehead atoms. The van der Waals surface area contributed by atoms with Crippen LogP contribution >= 0.6 is 11.3 Å². The third-order valence-corrected chi connectivity index (χ3v) is 8.16. The maximum absolute atomic E-state index is 2.53. The van der Waals surface area contributed by atoms with Crippen LogP contribution in [0.3, 0.4) is 0 Å². The molecular formula is C31H32S. The van der Waals surface area contributed by atoms with Crippen molar-refractivity contribution in [3.63, 3.8) is 0 Å². The van der Waals surface area contributed by atoms with Gasteiger partial charge in [0, 0.05) is 9.75 Å². The van der Waals surface area contributed by atoms with Crippen LogP contribution in [0, 0.1) is 0 Å². The molecule has 32 heavy (non-hydrogen) atoms. The maximum Gasteiger partial charge on any atom is 0.0722 e. The van der Waals surface area contributed by atoms with E-state index in [4.69, 9.17) is 0 Å². The van der Waals surface area contributed by atoms with Crippen molar-refractivity contribution < 1.29 is 0 Å². The minimum absolute atomic E-state index is 0.240. The third kappa shape index (κ3) is 3.44. The van der Waals surface area contributed by atoms with E-state index in [1.807, 2.05) is 11.3 Å². The molecule has 0 unspecified atom stereocenters. The van der Waals surface area contributed by atoms with Gasteiger partial charge < -0.3 is 0 Å². The summed E-state index contributed by atoms with van der Waals surface area (Å²) in [4.78, 5) is 3.00. The molecule has 0 amide bonds. The molecule has 4 aromatic rings. The molecular weight excluding hydrogens is 404 g/mol. The second-order valence-corrected chi connectivity index (χ2v) is 10.2. The summed E-state index contributed by atoms with van der Waals surface area (Å²) in [6, 6.07) is 32.2. The zero-order valence-electron chi connectivity index (χ0n) is 19.2. The summed E-state index contributed by atoms with van der Waals surface area (Å²) in [6.45, 7) is 4.56. The molecule has 0 spiro atoms. The smallest absolute Gasteiger partial charge is 0.0722 e. The maximum atomic E-state index is 2.53. The fraction of sp³-hybridized carbons (Fsp3) is 0.290. The topological polar surface area (TPSA) is 0 Å². The molecule has 1 aromatic heterocycles. The van der Waals surface area contributed by atoms with Gasteiger partial charge in [0.25, 0.3) is 0 Å². The molecule has 0 fully saturated rings. The lowest BCUT2D eigenvalue weighted by Gasteiger charge is -2.33. The molecule has 0 radical (unpaired) electrons. The highest BCUT2D eigenvalue weighted by molar-refractivity contribution is 7.15. The van der Waals surface area contributed by atoms with E-state index in [1.165, 1.54) is 75.2 Å². The van der Waals surface area contributed by atoms with Crippen LogP contribution in [-0.2, 0) is 18.3 Å². The summed E-state index contributed by atoms with van der Waals surface area (Å²) in [7, 11) is 0. The van der Waals surface area contributed by atoms with Gasteiger partial charge in [0.15, 0.2) is 0 Å². The quantitative estimate of drug-likeness (QED) is 0.228. The molecule has 162 valence electrons. The van der Waals surface area contributed by atoms with Gasteiger partial charge in [0.2, 0.25) is 0 Å². The first kappa shape index (κ1) is 21.2. The highest BCUT2D eigenvalue weighted by atomic mass is 32.1. The summed E-state index contributed by atoms with van der Waals surface area (Å²) >= 11 is 2.02. The fourth-order valence-electron chi connectivity index (χ4n) is 5.34. The first-order chi connectivity index (χ1) is 15.8. The zero-order chi connectivity index (χ0) is 22.0. The summed E-state index contributed by atoms with van der Waals surface area (Å²) in [6.07, 6.45) is 7.30. The van der Waals surface area contributed by atoms with Gasteiger partial charge in [-0.3, -0.25) is 0 Å². The zero-order valence-corrected chi connectivity index (χ0v) is 20.1. The van der Waals surface area contributed by atoms with Crippen LogP contribution in [0.1, 0.15) is 72.2 Å². The van der Waals surface area contributed by atoms with Crippen LogP contribution in [0.2, 0.25) is 0 Å². The summed E-state index contributed by atoms with van der Waals surface area (Å²) < 4.78 is 0. The predicted octanol–water partition coefficient (Wildman–Crippen LogP) is 8.80. The van der Waals surface area contributed by atoms with E-state index in [1.54, 1.807) is 0 Å². The monoisotopic (exact) mass is 436 g/mol. The summed E-state index contributed by atoms with van der Waals surface area (Å²) in [5.74, 6) is 0. The Morgan fingerprint density at radius 2 is 1.28 bits per heavy atom. The van der Waals surface area contributed by atoms with Gasteiger partial charge in [-0.15, -0.1) is 11.3 Å². The molecule has 1 aliphatic carbocycles. The van der Waals surface area contributed by atoms with E-state index in [0.29, 0.717) is 0 Å². The number of hydrogen-bond acceptors (Lipinski definition) is 1. The molecule has 3 aromatic carbocycles. The van der Waals surface area contributed by atoms with Crippen LogP contribution in [-0.4, -0.2) is 0 Å². The minimum Gasteiger partial charge on any atom is -0.140 e. The number of thiophene rings is 1. The summed E-state index contributed by atoms with van der Waals surface area (Å²) in [5.41, 5.74) is 8.35. The highest BCUT2D eigenvalue weighted by Gasteiger charge is 2.47. The van der Waals surface area contributed by atoms with E-state index in [-0.39, 0.29) is 5.41 Å². The van der Waals surface area contributed by atoms with Crippen LogP contribution in [0.25, 0.3) is 10.4 Å². The number of rotatable bonds is 8. The fourth-order valence-corrected chi connectivity index (χ4v) is 6.64. The summed E-state index contributed by atoms with van der Waals surface area (Å²) in [5, 5.41) is 0. The number of benzene rings is 3. The molecule has 1 heterocycles. The van der Waals surface area contributed by atoms with Crippen molar-refractivity contribution in [3.8, 4) is 10.4 Å². The van der Waals surface area contributed by atoms with E-state index < -0.39 is 0 Å².